The SMILES string of the molecule is COC(=O)C(CC(C=O)N1CCC2(CC1)OC(=O)Nc1ccc(F)cc12)(c1ccc(Cl)c(Cl)c1)c1ccc(Cl)c(Cl)c1. The van der Waals surface area contributed by atoms with Gasteiger partial charge in [-0.2, -0.15) is 0 Å². The molecular formula is C30H25Cl4FN2O5. The predicted octanol–water partition coefficient (Wildman–Crippen LogP) is 7.41. The molecule has 2 heterocycles. The molecule has 42 heavy (non-hydrogen) atoms. The van der Waals surface area contributed by atoms with E-state index in [9.17, 15) is 18.8 Å². The zero-order chi connectivity index (χ0) is 30.2. The lowest BCUT2D eigenvalue weighted by Crippen LogP contribution is -2.53. The number of aldehydes is 1. The van der Waals surface area contributed by atoms with Crippen LogP contribution in [0.25, 0.3) is 0 Å². The number of hydrogen-bond donors (Lipinski definition) is 1. The van der Waals surface area contributed by atoms with Crippen LogP contribution in [0, 0.1) is 5.82 Å². The highest BCUT2D eigenvalue weighted by Crippen LogP contribution is 2.46. The maximum atomic E-state index is 14.2. The lowest BCUT2D eigenvalue weighted by molar-refractivity contribution is -0.147. The number of ether oxygens (including phenoxy) is 2. The first kappa shape index (κ1) is 30.6. The van der Waals surface area contributed by atoms with Gasteiger partial charge in [-0.15, -0.1) is 0 Å². The molecule has 0 saturated carbocycles. The summed E-state index contributed by atoms with van der Waals surface area (Å²) in [6.45, 7) is 0.624. The number of nitrogens with one attached hydrogen (secondary N) is 1. The highest BCUT2D eigenvalue weighted by Gasteiger charge is 2.49. The Labute approximate surface area is 261 Å². The maximum absolute atomic E-state index is 14.2. The van der Waals surface area contributed by atoms with Crippen molar-refractivity contribution in [2.75, 3.05) is 25.5 Å². The molecule has 7 nitrogen and oxygen atoms in total. The van der Waals surface area contributed by atoms with Gasteiger partial charge in [-0.05, 0) is 60.0 Å². The normalized spacial score (nSPS) is 17.1. The molecule has 1 N–H and O–H groups in total. The molecule has 0 aliphatic carbocycles. The van der Waals surface area contributed by atoms with Gasteiger partial charge < -0.3 is 14.3 Å². The van der Waals surface area contributed by atoms with Crippen LogP contribution in [0.1, 0.15) is 36.0 Å². The lowest BCUT2D eigenvalue weighted by atomic mass is 9.69. The molecule has 1 unspecified atom stereocenters. The molecule has 2 aliphatic heterocycles. The van der Waals surface area contributed by atoms with Gasteiger partial charge in [0.05, 0.1) is 38.9 Å². The Bertz CT molecular complexity index is 1510. The summed E-state index contributed by atoms with van der Waals surface area (Å²) in [5, 5.41) is 3.61. The first-order chi connectivity index (χ1) is 20.0. The molecule has 0 radical (unpaired) electrons. The summed E-state index contributed by atoms with van der Waals surface area (Å²) in [6, 6.07) is 12.9. The summed E-state index contributed by atoms with van der Waals surface area (Å²) in [5.74, 6) is -1.09. The van der Waals surface area contributed by atoms with Gasteiger partial charge in [0.2, 0.25) is 0 Å². The van der Waals surface area contributed by atoms with Crippen LogP contribution in [0.3, 0.4) is 0 Å². The van der Waals surface area contributed by atoms with Gasteiger partial charge in [0, 0.05) is 31.5 Å². The molecule has 0 aromatic heterocycles. The number of halogens is 5. The largest absolute Gasteiger partial charge is 0.468 e. The third-order valence-electron chi connectivity index (χ3n) is 8.10. The van der Waals surface area contributed by atoms with E-state index < -0.39 is 34.9 Å². The Morgan fingerprint density at radius 3 is 2.14 bits per heavy atom. The summed E-state index contributed by atoms with van der Waals surface area (Å²) >= 11 is 25.2. The first-order valence-electron chi connectivity index (χ1n) is 13.0. The van der Waals surface area contributed by atoms with Crippen LogP contribution in [-0.4, -0.2) is 49.5 Å². The minimum absolute atomic E-state index is 0.0430. The van der Waals surface area contributed by atoms with Crippen molar-refractivity contribution in [2.45, 2.75) is 36.3 Å². The van der Waals surface area contributed by atoms with Crippen LogP contribution in [0.5, 0.6) is 0 Å². The summed E-state index contributed by atoms with van der Waals surface area (Å²) in [7, 11) is 1.26. The monoisotopic (exact) mass is 652 g/mol. The van der Waals surface area contributed by atoms with E-state index in [1.54, 1.807) is 36.4 Å². The lowest BCUT2D eigenvalue weighted by Gasteiger charge is -2.46. The zero-order valence-corrected chi connectivity index (χ0v) is 25.3. The van der Waals surface area contributed by atoms with Gasteiger partial charge in [-0.1, -0.05) is 58.5 Å². The molecular weight excluding hydrogens is 629 g/mol. The number of benzene rings is 3. The third-order valence-corrected chi connectivity index (χ3v) is 9.58. The van der Waals surface area contributed by atoms with E-state index in [0.717, 1.165) is 6.29 Å². The fourth-order valence-electron chi connectivity index (χ4n) is 5.95. The predicted molar refractivity (Wildman–Crippen MR) is 159 cm³/mol. The molecule has 1 amide bonds. The summed E-state index contributed by atoms with van der Waals surface area (Å²) < 4.78 is 25.3. The Balaban J connectivity index is 1.53. The molecule has 0 bridgehead atoms. The number of anilines is 1. The molecule has 1 saturated heterocycles. The van der Waals surface area contributed by atoms with Crippen LogP contribution >= 0.6 is 46.4 Å². The number of fused-ring (bicyclic) bond motifs is 2. The third kappa shape index (κ3) is 5.47. The quantitative estimate of drug-likeness (QED) is 0.211. The molecule has 1 spiro atoms. The number of nitrogens with zero attached hydrogens (tertiary/aromatic N) is 1. The summed E-state index contributed by atoms with van der Waals surface area (Å²) in [5.41, 5.74) is -0.680. The number of piperidine rings is 1. The van der Waals surface area contributed by atoms with Crippen molar-refractivity contribution in [2.24, 2.45) is 0 Å². The standard InChI is InChI=1S/C30H25Cl4FN2O5/c1-41-27(39)30(17-2-5-22(31)24(33)12-17,18-3-6-23(32)25(34)13-18)15-20(16-38)37-10-8-29(9-11-37)21-14-19(35)4-7-26(21)36-28(40)42-29/h2-7,12-14,16,20H,8-11,15H2,1H3,(H,36,40). The van der Waals surface area contributed by atoms with Gasteiger partial charge in [-0.3, -0.25) is 15.0 Å². The van der Waals surface area contributed by atoms with Crippen molar-refractivity contribution in [1.82, 2.24) is 4.90 Å². The smallest absolute Gasteiger partial charge is 0.412 e. The molecule has 3 aromatic carbocycles. The molecule has 5 rings (SSSR count). The average Bonchev–Trinajstić information content (AvgIpc) is 2.97. The molecule has 1 fully saturated rings. The molecule has 12 heteroatoms. The minimum Gasteiger partial charge on any atom is -0.468 e. The van der Waals surface area contributed by atoms with E-state index in [1.807, 2.05) is 4.90 Å². The second-order valence-corrected chi connectivity index (χ2v) is 11.9. The van der Waals surface area contributed by atoms with Gasteiger partial charge in [0.1, 0.15) is 23.1 Å². The van der Waals surface area contributed by atoms with Crippen molar-refractivity contribution in [3.8, 4) is 0 Å². The number of rotatable bonds is 7. The van der Waals surface area contributed by atoms with E-state index in [1.165, 1.54) is 25.3 Å². The van der Waals surface area contributed by atoms with Crippen LogP contribution in [-0.2, 0) is 30.1 Å². The fourth-order valence-corrected chi connectivity index (χ4v) is 6.55. The van der Waals surface area contributed by atoms with Crippen molar-refractivity contribution in [3.63, 3.8) is 0 Å². The van der Waals surface area contributed by atoms with Crippen LogP contribution in [0.2, 0.25) is 20.1 Å². The van der Waals surface area contributed by atoms with Crippen LogP contribution in [0.4, 0.5) is 14.9 Å². The number of amides is 1. The van der Waals surface area contributed by atoms with Gasteiger partial charge >= 0.3 is 12.1 Å². The average molecular weight is 654 g/mol. The second kappa shape index (κ2) is 12.0. The number of esters is 1. The number of carbonyl (C=O) groups is 3. The van der Waals surface area contributed by atoms with Gasteiger partial charge in [-0.25, -0.2) is 9.18 Å². The first-order valence-corrected chi connectivity index (χ1v) is 14.5. The Kier molecular flexibility index (Phi) is 8.75. The number of methoxy groups -OCH3 is 1. The Hall–Kier alpha value is -2.88. The van der Waals surface area contributed by atoms with Crippen molar-refractivity contribution < 1.29 is 28.2 Å². The summed E-state index contributed by atoms with van der Waals surface area (Å²) in [6.07, 6.45) is 0.696. The number of carbonyl (C=O) groups excluding carboxylic acids is 3. The molecule has 2 aliphatic rings. The number of likely N-dealkylation sites (tertiary alicyclic amines) is 1. The van der Waals surface area contributed by atoms with E-state index in [0.29, 0.717) is 48.3 Å². The van der Waals surface area contributed by atoms with E-state index in [4.69, 9.17) is 55.9 Å². The van der Waals surface area contributed by atoms with Gasteiger partial charge in [0.25, 0.3) is 0 Å². The maximum Gasteiger partial charge on any atom is 0.412 e. The minimum atomic E-state index is -1.53. The summed E-state index contributed by atoms with van der Waals surface area (Å²) in [4.78, 5) is 40.8. The van der Waals surface area contributed by atoms with Crippen LogP contribution < -0.4 is 5.32 Å². The molecule has 220 valence electrons. The molecule has 1 atom stereocenters. The highest BCUT2D eigenvalue weighted by molar-refractivity contribution is 6.42. The highest BCUT2D eigenvalue weighted by atomic mass is 35.5. The van der Waals surface area contributed by atoms with Crippen molar-refractivity contribution >= 4 is 70.4 Å². The van der Waals surface area contributed by atoms with Crippen molar-refractivity contribution in [3.05, 3.63) is 97.2 Å². The van der Waals surface area contributed by atoms with E-state index in [2.05, 4.69) is 5.32 Å². The Morgan fingerprint density at radius 2 is 1.62 bits per heavy atom. The number of hydrogen-bond acceptors (Lipinski definition) is 6. The van der Waals surface area contributed by atoms with Crippen molar-refractivity contribution in [1.29, 1.82) is 0 Å². The molecule has 3 aromatic rings. The van der Waals surface area contributed by atoms with E-state index in [-0.39, 0.29) is 26.5 Å². The zero-order valence-electron chi connectivity index (χ0n) is 22.3. The van der Waals surface area contributed by atoms with Crippen LogP contribution in [0.15, 0.2) is 54.6 Å². The second-order valence-electron chi connectivity index (χ2n) is 10.3. The van der Waals surface area contributed by atoms with Gasteiger partial charge in [0.15, 0.2) is 0 Å². The topological polar surface area (TPSA) is 84.9 Å². The van der Waals surface area contributed by atoms with E-state index >= 15 is 0 Å². The Morgan fingerprint density at radius 1 is 1.02 bits per heavy atom. The fraction of sp³-hybridized carbons (Fsp3) is 0.300.